The van der Waals surface area contributed by atoms with Crippen LogP contribution in [0, 0.1) is 23.1 Å². The summed E-state index contributed by atoms with van der Waals surface area (Å²) >= 11 is 1.55. The van der Waals surface area contributed by atoms with Crippen molar-refractivity contribution >= 4 is 28.7 Å². The average Bonchev–Trinajstić information content (AvgIpc) is 3.39. The number of hydrogen-bond acceptors (Lipinski definition) is 7. The molecule has 1 amide bonds. The molecule has 0 unspecified atom stereocenters. The smallest absolute Gasteiger partial charge is 0.254 e. The Balaban J connectivity index is 1.53. The molecule has 30 heavy (non-hydrogen) atoms. The molecule has 1 aromatic carbocycles. The van der Waals surface area contributed by atoms with Crippen LogP contribution < -0.4 is 11.1 Å². The second kappa shape index (κ2) is 8.61. The number of piperidine rings is 1. The van der Waals surface area contributed by atoms with Crippen LogP contribution >= 0.6 is 11.3 Å². The standard InChI is InChI=1S/C20H20FN7OS/c21-14-1-3-15(4-2-14)25-20-17(19(23)29)10-28(26-20)18-5-6-27(8-13(18)7-22)9-16-11-30-12-24-16/h1-4,10-13,18H,5-6,8-9H2,(H2,23,29)(H,25,26)/t13-,18-/m0/s1. The minimum atomic E-state index is -0.625. The summed E-state index contributed by atoms with van der Waals surface area (Å²) < 4.78 is 14.8. The van der Waals surface area contributed by atoms with E-state index in [4.69, 9.17) is 5.73 Å². The predicted octanol–water partition coefficient (Wildman–Crippen LogP) is 2.91. The largest absolute Gasteiger partial charge is 0.365 e. The molecule has 2 atom stereocenters. The fourth-order valence-corrected chi connectivity index (χ4v) is 4.19. The molecule has 0 saturated carbocycles. The molecule has 4 rings (SSSR count). The first kappa shape index (κ1) is 20.0. The lowest BCUT2D eigenvalue weighted by Crippen LogP contribution is -2.40. The second-order valence-electron chi connectivity index (χ2n) is 7.17. The average molecular weight is 425 g/mol. The van der Waals surface area contributed by atoms with Gasteiger partial charge in [0.2, 0.25) is 0 Å². The van der Waals surface area contributed by atoms with E-state index in [-0.39, 0.29) is 29.2 Å². The van der Waals surface area contributed by atoms with Crippen LogP contribution in [0.25, 0.3) is 0 Å². The number of hydrogen-bond donors (Lipinski definition) is 2. The number of benzene rings is 1. The number of halogens is 1. The lowest BCUT2D eigenvalue weighted by Gasteiger charge is -2.35. The van der Waals surface area contributed by atoms with E-state index in [1.165, 1.54) is 12.1 Å². The summed E-state index contributed by atoms with van der Waals surface area (Å²) in [7, 11) is 0. The Kier molecular flexibility index (Phi) is 5.74. The minimum absolute atomic E-state index is 0.177. The predicted molar refractivity (Wildman–Crippen MR) is 111 cm³/mol. The highest BCUT2D eigenvalue weighted by Crippen LogP contribution is 2.30. The maximum Gasteiger partial charge on any atom is 0.254 e. The SMILES string of the molecule is N#C[C@H]1CN(Cc2cscn2)CC[C@@H]1n1cc(C(N)=O)c(Nc2ccc(F)cc2)n1. The third-order valence-electron chi connectivity index (χ3n) is 5.14. The van der Waals surface area contributed by atoms with E-state index in [0.717, 1.165) is 12.2 Å². The summed E-state index contributed by atoms with van der Waals surface area (Å²) in [6.07, 6.45) is 2.29. The number of amides is 1. The molecule has 1 fully saturated rings. The van der Waals surface area contributed by atoms with Crippen molar-refractivity contribution in [2.75, 3.05) is 18.4 Å². The molecule has 10 heteroatoms. The van der Waals surface area contributed by atoms with Crippen molar-refractivity contribution in [3.8, 4) is 6.07 Å². The fourth-order valence-electron chi connectivity index (χ4n) is 3.64. The van der Waals surface area contributed by atoms with E-state index in [1.54, 1.807) is 39.9 Å². The van der Waals surface area contributed by atoms with Gasteiger partial charge in [-0.1, -0.05) is 0 Å². The van der Waals surface area contributed by atoms with Crippen molar-refractivity contribution in [2.45, 2.75) is 19.0 Å². The topological polar surface area (TPSA) is 113 Å². The van der Waals surface area contributed by atoms with E-state index in [2.05, 4.69) is 26.4 Å². The van der Waals surface area contributed by atoms with Crippen LogP contribution in [-0.2, 0) is 6.54 Å². The Morgan fingerprint density at radius 3 is 2.87 bits per heavy atom. The molecular formula is C20H20FN7OS. The molecule has 3 aromatic rings. The molecule has 3 N–H and O–H groups in total. The van der Waals surface area contributed by atoms with Crippen LogP contribution in [0.5, 0.6) is 0 Å². The number of primary amides is 1. The van der Waals surface area contributed by atoms with Crippen molar-refractivity contribution in [3.05, 3.63) is 58.4 Å². The van der Waals surface area contributed by atoms with Crippen molar-refractivity contribution in [1.29, 1.82) is 5.26 Å². The van der Waals surface area contributed by atoms with Crippen LogP contribution in [0.1, 0.15) is 28.5 Å². The van der Waals surface area contributed by atoms with Crippen molar-refractivity contribution in [1.82, 2.24) is 19.7 Å². The van der Waals surface area contributed by atoms with Crippen LogP contribution in [0.2, 0.25) is 0 Å². The van der Waals surface area contributed by atoms with Gasteiger partial charge in [0.15, 0.2) is 5.82 Å². The van der Waals surface area contributed by atoms with Crippen molar-refractivity contribution < 1.29 is 9.18 Å². The highest BCUT2D eigenvalue weighted by Gasteiger charge is 2.32. The van der Waals surface area contributed by atoms with Gasteiger partial charge in [-0.2, -0.15) is 10.4 Å². The molecular weight excluding hydrogens is 405 g/mol. The van der Waals surface area contributed by atoms with E-state index >= 15 is 0 Å². The summed E-state index contributed by atoms with van der Waals surface area (Å²) in [5.41, 5.74) is 9.13. The third-order valence-corrected chi connectivity index (χ3v) is 5.77. The number of carbonyl (C=O) groups is 1. The van der Waals surface area contributed by atoms with E-state index in [0.29, 0.717) is 25.2 Å². The summed E-state index contributed by atoms with van der Waals surface area (Å²) in [5, 5.41) is 19.3. The molecule has 0 radical (unpaired) electrons. The van der Waals surface area contributed by atoms with Crippen LogP contribution in [0.3, 0.4) is 0 Å². The van der Waals surface area contributed by atoms with Gasteiger partial charge < -0.3 is 11.1 Å². The zero-order chi connectivity index (χ0) is 21.1. The van der Waals surface area contributed by atoms with E-state index in [1.807, 2.05) is 5.38 Å². The second-order valence-corrected chi connectivity index (χ2v) is 7.89. The molecule has 154 valence electrons. The molecule has 8 nitrogen and oxygen atoms in total. The van der Waals surface area contributed by atoms with Gasteiger partial charge in [0.05, 0.1) is 29.2 Å². The summed E-state index contributed by atoms with van der Waals surface area (Å²) in [6, 6.07) is 7.92. The number of nitrogens with one attached hydrogen (secondary N) is 1. The number of nitriles is 1. The Bertz CT molecular complexity index is 1060. The van der Waals surface area contributed by atoms with Gasteiger partial charge in [-0.15, -0.1) is 11.3 Å². The number of nitrogens with zero attached hydrogens (tertiary/aromatic N) is 5. The van der Waals surface area contributed by atoms with Gasteiger partial charge in [-0.05, 0) is 30.7 Å². The van der Waals surface area contributed by atoms with E-state index < -0.39 is 5.91 Å². The van der Waals surface area contributed by atoms with Gasteiger partial charge in [0.25, 0.3) is 5.91 Å². The van der Waals surface area contributed by atoms with Gasteiger partial charge in [0, 0.05) is 36.9 Å². The third kappa shape index (κ3) is 4.32. The van der Waals surface area contributed by atoms with Gasteiger partial charge >= 0.3 is 0 Å². The zero-order valence-corrected chi connectivity index (χ0v) is 16.8. The molecule has 1 aliphatic rings. The molecule has 3 heterocycles. The normalized spacial score (nSPS) is 19.3. The maximum atomic E-state index is 13.2. The molecule has 1 saturated heterocycles. The van der Waals surface area contributed by atoms with Gasteiger partial charge in [-0.25, -0.2) is 9.37 Å². The lowest BCUT2D eigenvalue weighted by molar-refractivity contribution is 0.100. The zero-order valence-electron chi connectivity index (χ0n) is 16.0. The number of rotatable bonds is 6. The quantitative estimate of drug-likeness (QED) is 0.628. The number of thiazole rings is 1. The number of nitrogens with two attached hydrogens (primary N) is 1. The monoisotopic (exact) mass is 425 g/mol. The highest BCUT2D eigenvalue weighted by molar-refractivity contribution is 7.07. The van der Waals surface area contributed by atoms with Crippen molar-refractivity contribution in [3.63, 3.8) is 0 Å². The number of anilines is 2. The highest BCUT2D eigenvalue weighted by atomic mass is 32.1. The molecule has 0 aliphatic carbocycles. The van der Waals surface area contributed by atoms with Crippen LogP contribution in [-0.4, -0.2) is 38.7 Å². The van der Waals surface area contributed by atoms with Crippen LogP contribution in [0.15, 0.2) is 41.4 Å². The van der Waals surface area contributed by atoms with E-state index in [9.17, 15) is 14.4 Å². The van der Waals surface area contributed by atoms with Crippen molar-refractivity contribution in [2.24, 2.45) is 11.7 Å². The Labute approximate surface area is 176 Å². The number of carbonyl (C=O) groups excluding carboxylic acids is 1. The van der Waals surface area contributed by atoms with Gasteiger partial charge in [-0.3, -0.25) is 14.4 Å². The summed E-state index contributed by atoms with van der Waals surface area (Å²) in [5.74, 6) is -0.991. The first-order valence-electron chi connectivity index (χ1n) is 9.44. The molecule has 0 spiro atoms. The molecule has 2 aromatic heterocycles. The Morgan fingerprint density at radius 1 is 1.40 bits per heavy atom. The Hall–Kier alpha value is -3.29. The first-order chi connectivity index (χ1) is 14.5. The fraction of sp³-hybridized carbons (Fsp3) is 0.300. The van der Waals surface area contributed by atoms with Gasteiger partial charge in [0.1, 0.15) is 11.4 Å². The maximum absolute atomic E-state index is 13.2. The molecule has 0 bridgehead atoms. The summed E-state index contributed by atoms with van der Waals surface area (Å²) in [4.78, 5) is 18.4. The number of aromatic nitrogens is 3. The minimum Gasteiger partial charge on any atom is -0.365 e. The first-order valence-corrected chi connectivity index (χ1v) is 10.4. The van der Waals surface area contributed by atoms with Crippen LogP contribution in [0.4, 0.5) is 15.9 Å². The molecule has 1 aliphatic heterocycles. The lowest BCUT2D eigenvalue weighted by atomic mass is 9.93. The Morgan fingerprint density at radius 2 is 2.20 bits per heavy atom. The number of likely N-dealkylation sites (tertiary alicyclic amines) is 1. The summed E-state index contributed by atoms with van der Waals surface area (Å²) in [6.45, 7) is 2.08.